The number of carbonyl (C=O) groups is 1. The lowest BCUT2D eigenvalue weighted by Crippen LogP contribution is -2.66. The van der Waals surface area contributed by atoms with Crippen molar-refractivity contribution in [2.75, 3.05) is 26.4 Å². The molecule has 100 heavy (non-hydrogen) atoms. The summed E-state index contributed by atoms with van der Waals surface area (Å²) in [5, 5.41) is 121. The summed E-state index contributed by atoms with van der Waals surface area (Å²) in [5.41, 5.74) is 0. The Morgan fingerprint density at radius 2 is 0.700 bits per heavy atom. The fraction of sp³-hybridized carbons (Fsp3) is 0.741. The molecule has 3 rings (SSSR count). The largest absolute Gasteiger partial charge is 0.394 e. The van der Waals surface area contributed by atoms with E-state index in [4.69, 9.17) is 28.4 Å². The topological polar surface area (TPSA) is 307 Å². The molecule has 3 aliphatic heterocycles. The van der Waals surface area contributed by atoms with Gasteiger partial charge >= 0.3 is 0 Å². The van der Waals surface area contributed by atoms with Gasteiger partial charge in [-0.05, 0) is 103 Å². The summed E-state index contributed by atoms with van der Waals surface area (Å²) >= 11 is 0. The fourth-order valence-corrected chi connectivity index (χ4v) is 12.3. The average molecular weight is 1410 g/mol. The molecule has 0 saturated carbocycles. The van der Waals surface area contributed by atoms with E-state index in [1.807, 2.05) is 6.08 Å². The minimum atomic E-state index is -1.99. The van der Waals surface area contributed by atoms with Crippen LogP contribution in [0.15, 0.2) is 122 Å². The molecule has 3 saturated heterocycles. The Hall–Kier alpha value is -3.81. The lowest BCUT2D eigenvalue weighted by molar-refractivity contribution is -0.379. The van der Waals surface area contributed by atoms with Crippen molar-refractivity contribution in [3.8, 4) is 0 Å². The Morgan fingerprint density at radius 1 is 0.370 bits per heavy atom. The van der Waals surface area contributed by atoms with Gasteiger partial charge in [0.15, 0.2) is 18.9 Å². The molecule has 0 radical (unpaired) electrons. The molecule has 17 unspecified atom stereocenters. The van der Waals surface area contributed by atoms with Crippen LogP contribution >= 0.6 is 0 Å². The molecule has 3 aliphatic rings. The maximum Gasteiger partial charge on any atom is 0.220 e. The molecule has 19 heteroatoms. The van der Waals surface area contributed by atoms with Crippen LogP contribution in [-0.2, 0) is 33.2 Å². The van der Waals surface area contributed by atoms with E-state index in [0.29, 0.717) is 12.8 Å². The van der Waals surface area contributed by atoms with E-state index in [1.54, 1.807) is 6.08 Å². The van der Waals surface area contributed by atoms with Crippen LogP contribution in [0.1, 0.15) is 251 Å². The monoisotopic (exact) mass is 1410 g/mol. The van der Waals surface area contributed by atoms with Crippen LogP contribution in [0.2, 0.25) is 0 Å². The molecule has 3 fully saturated rings. The summed E-state index contributed by atoms with van der Waals surface area (Å²) in [5.74, 6) is -0.292. The summed E-state index contributed by atoms with van der Waals surface area (Å²) in [6.45, 7) is 1.56. The van der Waals surface area contributed by atoms with E-state index in [2.05, 4.69) is 129 Å². The molecule has 0 aliphatic carbocycles. The third-order valence-electron chi connectivity index (χ3n) is 18.5. The number of allylic oxidation sites excluding steroid dienone is 19. The van der Waals surface area contributed by atoms with E-state index >= 15 is 0 Å². The first-order valence-electron chi connectivity index (χ1n) is 38.8. The van der Waals surface area contributed by atoms with Gasteiger partial charge in [0.05, 0.1) is 38.6 Å². The van der Waals surface area contributed by atoms with E-state index in [1.165, 1.54) is 128 Å². The van der Waals surface area contributed by atoms with Gasteiger partial charge in [-0.15, -0.1) is 0 Å². The Labute approximate surface area is 601 Å². The van der Waals surface area contributed by atoms with E-state index < -0.39 is 124 Å². The summed E-state index contributed by atoms with van der Waals surface area (Å²) in [7, 11) is 0. The van der Waals surface area contributed by atoms with Crippen LogP contribution in [-0.4, -0.2) is 193 Å². The minimum Gasteiger partial charge on any atom is -0.394 e. The minimum absolute atomic E-state index is 0.228. The number of rotatable bonds is 59. The number of nitrogens with one attached hydrogen (secondary N) is 1. The van der Waals surface area contributed by atoms with Gasteiger partial charge in [-0.2, -0.15) is 0 Å². The van der Waals surface area contributed by atoms with Crippen LogP contribution < -0.4 is 5.32 Å². The van der Waals surface area contributed by atoms with Gasteiger partial charge in [0.2, 0.25) is 5.91 Å². The molecular formula is C81H137NO18. The molecular weight excluding hydrogens is 1270 g/mol. The summed E-state index contributed by atoms with van der Waals surface area (Å²) in [4.78, 5) is 13.4. The first-order valence-corrected chi connectivity index (χ1v) is 38.8. The standard InChI is InChI=1S/C81H137NO18/c1-3-5-7-9-11-13-15-17-19-20-21-22-23-24-25-26-27-28-29-30-31-32-33-34-35-36-37-38-39-40-41-42-43-44-45-47-49-51-53-55-57-59-69(87)82-64(65(86)58-56-54-52-50-48-46-18-16-14-12-10-8-6-4-2)63-95-79-75(93)72(90)77(67(61-84)97-79)100-81-76(94)73(91)78(68(62-85)98-81)99-80-74(92)71(89)70(88)66(60-83)96-80/h5,7,11,13-14,16-17,19,21-22,24-25,27-28,30-31,48,50,56,58,64-68,70-81,83-86,88-94H,3-4,6,8-10,12,15,18,20,23,26,29,32-47,49,51-55,57,59-63H2,1-2H3,(H,82,87)/b7-5-,13-11-,16-14+,19-17-,22-21-,25-24-,28-27-,31-30-,50-48+,58-56+. The normalized spacial score (nSPS) is 27.1. The number of ether oxygens (including phenoxy) is 6. The van der Waals surface area contributed by atoms with Crippen molar-refractivity contribution in [3.05, 3.63) is 122 Å². The number of hydrogen-bond donors (Lipinski definition) is 12. The highest BCUT2D eigenvalue weighted by atomic mass is 16.8. The highest BCUT2D eigenvalue weighted by molar-refractivity contribution is 5.76. The zero-order chi connectivity index (χ0) is 72.5. The SMILES string of the molecule is CC/C=C\C/C=C\C/C=C\C/C=C\C/C=C\C/C=C\C/C=C\CCCCCCCCCCCCCCCCCCCCCC(=O)NC(COC1OC(CO)C(OC2OC(CO)C(OC3OC(CO)C(O)C(O)C3O)C(O)C2O)C(O)C1O)C(O)/C=C/CC/C=C/CC/C=C/CCCCCC. The van der Waals surface area contributed by atoms with Crippen molar-refractivity contribution in [2.45, 2.75) is 356 Å². The first-order chi connectivity index (χ1) is 48.8. The molecule has 574 valence electrons. The zero-order valence-electron chi connectivity index (χ0n) is 61.1. The maximum atomic E-state index is 13.4. The van der Waals surface area contributed by atoms with Gasteiger partial charge in [-0.3, -0.25) is 4.79 Å². The molecule has 17 atom stereocenters. The number of unbranched alkanes of at least 4 members (excludes halogenated alkanes) is 25. The number of aliphatic hydroxyl groups is 11. The van der Waals surface area contributed by atoms with Crippen LogP contribution in [0, 0.1) is 0 Å². The Bertz CT molecular complexity index is 2280. The predicted molar refractivity (Wildman–Crippen MR) is 397 cm³/mol. The van der Waals surface area contributed by atoms with Crippen molar-refractivity contribution >= 4 is 5.91 Å². The quantitative estimate of drug-likeness (QED) is 0.0199. The van der Waals surface area contributed by atoms with Crippen molar-refractivity contribution in [2.24, 2.45) is 0 Å². The lowest BCUT2D eigenvalue weighted by atomic mass is 9.96. The molecule has 0 bridgehead atoms. The Morgan fingerprint density at radius 3 is 1.12 bits per heavy atom. The van der Waals surface area contributed by atoms with Crippen molar-refractivity contribution in [1.82, 2.24) is 5.32 Å². The highest BCUT2D eigenvalue weighted by Crippen LogP contribution is 2.33. The number of amides is 1. The van der Waals surface area contributed by atoms with Gasteiger partial charge in [0.1, 0.15) is 73.2 Å². The highest BCUT2D eigenvalue weighted by Gasteiger charge is 2.53. The fourth-order valence-electron chi connectivity index (χ4n) is 12.3. The van der Waals surface area contributed by atoms with Crippen LogP contribution in [0.4, 0.5) is 0 Å². The van der Waals surface area contributed by atoms with Gasteiger partial charge in [0.25, 0.3) is 0 Å². The second-order valence-corrected chi connectivity index (χ2v) is 27.1. The van der Waals surface area contributed by atoms with Crippen LogP contribution in [0.5, 0.6) is 0 Å². The molecule has 3 heterocycles. The van der Waals surface area contributed by atoms with E-state index in [0.717, 1.165) is 89.9 Å². The number of carbonyl (C=O) groups excluding carboxylic acids is 1. The first kappa shape index (κ1) is 90.4. The Balaban J connectivity index is 1.30. The second-order valence-electron chi connectivity index (χ2n) is 27.1. The van der Waals surface area contributed by atoms with Gasteiger partial charge < -0.3 is 89.9 Å². The van der Waals surface area contributed by atoms with Crippen molar-refractivity contribution in [1.29, 1.82) is 0 Å². The van der Waals surface area contributed by atoms with Gasteiger partial charge in [-0.25, -0.2) is 0 Å². The molecule has 19 nitrogen and oxygen atoms in total. The van der Waals surface area contributed by atoms with Gasteiger partial charge in [-0.1, -0.05) is 264 Å². The summed E-state index contributed by atoms with van der Waals surface area (Å²) in [6, 6.07) is -1.00. The number of hydrogen-bond acceptors (Lipinski definition) is 18. The summed E-state index contributed by atoms with van der Waals surface area (Å²) in [6.07, 6.45) is 57.8. The smallest absolute Gasteiger partial charge is 0.220 e. The molecule has 1 amide bonds. The summed E-state index contributed by atoms with van der Waals surface area (Å²) < 4.78 is 34.3. The third-order valence-corrected chi connectivity index (χ3v) is 18.5. The predicted octanol–water partition coefficient (Wildman–Crippen LogP) is 12.3. The molecule has 0 aromatic rings. The zero-order valence-corrected chi connectivity index (χ0v) is 61.1. The second kappa shape index (κ2) is 60.5. The van der Waals surface area contributed by atoms with Crippen molar-refractivity contribution < 1.29 is 89.4 Å². The molecule has 0 aromatic heterocycles. The number of aliphatic hydroxyl groups excluding tert-OH is 11. The van der Waals surface area contributed by atoms with Crippen LogP contribution in [0.3, 0.4) is 0 Å². The van der Waals surface area contributed by atoms with Crippen LogP contribution in [0.25, 0.3) is 0 Å². The molecule has 12 N–H and O–H groups in total. The molecule has 0 spiro atoms. The van der Waals surface area contributed by atoms with Gasteiger partial charge in [0, 0.05) is 6.42 Å². The van der Waals surface area contributed by atoms with E-state index in [9.17, 15) is 61.0 Å². The van der Waals surface area contributed by atoms with E-state index in [-0.39, 0.29) is 18.9 Å². The third kappa shape index (κ3) is 40.5. The average Bonchev–Trinajstić information content (AvgIpc) is 0.783. The lowest BCUT2D eigenvalue weighted by Gasteiger charge is -2.48. The molecule has 0 aromatic carbocycles. The Kier molecular flexibility index (Phi) is 54.7. The van der Waals surface area contributed by atoms with Crippen molar-refractivity contribution in [3.63, 3.8) is 0 Å². The maximum absolute atomic E-state index is 13.4.